The summed E-state index contributed by atoms with van der Waals surface area (Å²) in [7, 11) is 0. The molecule has 3 N–H and O–H groups in total. The molecular formula is C10H13ClN6. The van der Waals surface area contributed by atoms with E-state index in [-0.39, 0.29) is 11.8 Å². The molecule has 1 aliphatic rings. The summed E-state index contributed by atoms with van der Waals surface area (Å²) in [5.41, 5.74) is 4.64. The highest BCUT2D eigenvalue weighted by Crippen LogP contribution is 2.25. The average molecular weight is 253 g/mol. The molecule has 1 aliphatic carbocycles. The maximum Gasteiger partial charge on any atom is 0.227 e. The van der Waals surface area contributed by atoms with Crippen molar-refractivity contribution in [2.75, 3.05) is 11.9 Å². The van der Waals surface area contributed by atoms with Gasteiger partial charge >= 0.3 is 0 Å². The zero-order chi connectivity index (χ0) is 12.5. The van der Waals surface area contributed by atoms with Crippen molar-refractivity contribution in [3.63, 3.8) is 0 Å². The minimum atomic E-state index is -0.938. The highest BCUT2D eigenvalue weighted by atomic mass is 35.5. The monoisotopic (exact) mass is 252 g/mol. The molecule has 2 rings (SSSR count). The van der Waals surface area contributed by atoms with Crippen LogP contribution in [-0.4, -0.2) is 27.5 Å². The SMILES string of the molecule is CC(C#N)(CN)c1nc(Cl)nc(NC2CC2)n1. The summed E-state index contributed by atoms with van der Waals surface area (Å²) in [6.07, 6.45) is 2.20. The maximum absolute atomic E-state index is 9.12. The van der Waals surface area contributed by atoms with Crippen LogP contribution in [0.1, 0.15) is 25.6 Å². The molecule has 6 nitrogen and oxygen atoms in total. The summed E-state index contributed by atoms with van der Waals surface area (Å²) in [6.45, 7) is 1.81. The molecule has 1 aromatic heterocycles. The number of nitrogens with one attached hydrogen (secondary N) is 1. The van der Waals surface area contributed by atoms with E-state index < -0.39 is 5.41 Å². The van der Waals surface area contributed by atoms with Crippen molar-refractivity contribution >= 4 is 17.5 Å². The second-order valence-electron chi connectivity index (χ2n) is 4.32. The quantitative estimate of drug-likeness (QED) is 0.824. The van der Waals surface area contributed by atoms with Gasteiger partial charge in [0, 0.05) is 12.6 Å². The van der Waals surface area contributed by atoms with Gasteiger partial charge in [0.05, 0.1) is 6.07 Å². The fourth-order valence-electron chi connectivity index (χ4n) is 1.26. The standard InChI is InChI=1S/C10H13ClN6/c1-10(4-12,5-13)7-15-8(11)17-9(16-7)14-6-2-3-6/h6H,2-4,12H2,1H3,(H,14,15,16,17). The highest BCUT2D eigenvalue weighted by molar-refractivity contribution is 6.28. The number of aromatic nitrogens is 3. The van der Waals surface area contributed by atoms with Crippen molar-refractivity contribution in [1.29, 1.82) is 5.26 Å². The molecule has 1 aromatic rings. The van der Waals surface area contributed by atoms with E-state index in [2.05, 4.69) is 26.3 Å². The smallest absolute Gasteiger partial charge is 0.227 e. The van der Waals surface area contributed by atoms with Gasteiger partial charge in [0.25, 0.3) is 0 Å². The lowest BCUT2D eigenvalue weighted by Crippen LogP contribution is -2.32. The fraction of sp³-hybridized carbons (Fsp3) is 0.600. The molecular weight excluding hydrogens is 240 g/mol. The predicted octanol–water partition coefficient (Wildman–Crippen LogP) is 0.839. The van der Waals surface area contributed by atoms with E-state index in [0.29, 0.717) is 17.8 Å². The van der Waals surface area contributed by atoms with Gasteiger partial charge in [0.2, 0.25) is 11.2 Å². The molecule has 1 heterocycles. The number of hydrogen-bond acceptors (Lipinski definition) is 6. The molecule has 1 unspecified atom stereocenters. The van der Waals surface area contributed by atoms with Crippen LogP contribution in [0.2, 0.25) is 5.28 Å². The van der Waals surface area contributed by atoms with E-state index in [1.54, 1.807) is 6.92 Å². The number of anilines is 1. The zero-order valence-corrected chi connectivity index (χ0v) is 10.2. The van der Waals surface area contributed by atoms with E-state index in [9.17, 15) is 0 Å². The fourth-order valence-corrected chi connectivity index (χ4v) is 1.42. The Kier molecular flexibility index (Phi) is 3.13. The number of nitriles is 1. The molecule has 0 amide bonds. The summed E-state index contributed by atoms with van der Waals surface area (Å²) in [6, 6.07) is 2.51. The summed E-state index contributed by atoms with van der Waals surface area (Å²) in [5, 5.41) is 12.3. The maximum atomic E-state index is 9.12. The van der Waals surface area contributed by atoms with Gasteiger partial charge in [0.15, 0.2) is 5.82 Å². The summed E-state index contributed by atoms with van der Waals surface area (Å²) in [4.78, 5) is 12.2. The van der Waals surface area contributed by atoms with Crippen LogP contribution < -0.4 is 11.1 Å². The number of halogens is 1. The van der Waals surface area contributed by atoms with Crippen LogP contribution in [0.3, 0.4) is 0 Å². The van der Waals surface area contributed by atoms with Crippen molar-refractivity contribution in [3.8, 4) is 6.07 Å². The largest absolute Gasteiger partial charge is 0.351 e. The van der Waals surface area contributed by atoms with Crippen LogP contribution in [0.15, 0.2) is 0 Å². The Hall–Kier alpha value is -1.45. The normalized spacial score (nSPS) is 18.2. The zero-order valence-electron chi connectivity index (χ0n) is 9.44. The topological polar surface area (TPSA) is 101 Å². The molecule has 1 saturated carbocycles. The number of nitrogens with two attached hydrogens (primary N) is 1. The van der Waals surface area contributed by atoms with E-state index in [1.165, 1.54) is 0 Å². The summed E-state index contributed by atoms with van der Waals surface area (Å²) < 4.78 is 0. The molecule has 0 aliphatic heterocycles. The third-order valence-corrected chi connectivity index (χ3v) is 2.84. The molecule has 90 valence electrons. The van der Waals surface area contributed by atoms with Crippen LogP contribution in [0.4, 0.5) is 5.95 Å². The number of nitrogens with zero attached hydrogens (tertiary/aromatic N) is 4. The molecule has 1 atom stereocenters. The summed E-state index contributed by atoms with van der Waals surface area (Å²) in [5.74, 6) is 0.725. The lowest BCUT2D eigenvalue weighted by atomic mass is 9.92. The number of hydrogen-bond donors (Lipinski definition) is 2. The summed E-state index contributed by atoms with van der Waals surface area (Å²) >= 11 is 5.82. The van der Waals surface area contributed by atoms with Gasteiger partial charge in [-0.15, -0.1) is 0 Å². The molecule has 1 fully saturated rings. The van der Waals surface area contributed by atoms with Crippen molar-refractivity contribution < 1.29 is 0 Å². The third kappa shape index (κ3) is 2.62. The van der Waals surface area contributed by atoms with Crippen molar-refractivity contribution in [3.05, 3.63) is 11.1 Å². The van der Waals surface area contributed by atoms with E-state index in [1.807, 2.05) is 0 Å². The van der Waals surface area contributed by atoms with Crippen LogP contribution in [0.25, 0.3) is 0 Å². The van der Waals surface area contributed by atoms with E-state index >= 15 is 0 Å². The first-order valence-electron chi connectivity index (χ1n) is 5.37. The Morgan fingerprint density at radius 2 is 2.24 bits per heavy atom. The molecule has 0 bridgehead atoms. The van der Waals surface area contributed by atoms with Gasteiger partial charge in [-0.1, -0.05) is 0 Å². The second kappa shape index (κ2) is 4.43. The van der Waals surface area contributed by atoms with Crippen LogP contribution in [0, 0.1) is 11.3 Å². The van der Waals surface area contributed by atoms with Gasteiger partial charge in [0.1, 0.15) is 5.41 Å². The number of rotatable bonds is 4. The van der Waals surface area contributed by atoms with Crippen LogP contribution >= 0.6 is 11.6 Å². The first-order chi connectivity index (χ1) is 8.07. The Morgan fingerprint density at radius 1 is 1.53 bits per heavy atom. The van der Waals surface area contributed by atoms with Gasteiger partial charge in [-0.2, -0.15) is 15.2 Å². The van der Waals surface area contributed by atoms with E-state index in [0.717, 1.165) is 12.8 Å². The first kappa shape index (κ1) is 12.0. The molecule has 7 heteroatoms. The average Bonchev–Trinajstić information content (AvgIpc) is 3.11. The van der Waals surface area contributed by atoms with Gasteiger partial charge < -0.3 is 11.1 Å². The molecule has 0 saturated heterocycles. The predicted molar refractivity (Wildman–Crippen MR) is 63.5 cm³/mol. The molecule has 0 radical (unpaired) electrons. The first-order valence-corrected chi connectivity index (χ1v) is 5.75. The van der Waals surface area contributed by atoms with Crippen molar-refractivity contribution in [2.24, 2.45) is 5.73 Å². The molecule has 0 spiro atoms. The van der Waals surface area contributed by atoms with Gasteiger partial charge in [-0.25, -0.2) is 4.98 Å². The van der Waals surface area contributed by atoms with Crippen LogP contribution in [-0.2, 0) is 5.41 Å². The Labute approximate surface area is 104 Å². The molecule has 17 heavy (non-hydrogen) atoms. The Bertz CT molecular complexity index is 466. The second-order valence-corrected chi connectivity index (χ2v) is 4.66. The molecule has 0 aromatic carbocycles. The van der Waals surface area contributed by atoms with Gasteiger partial charge in [-0.05, 0) is 31.4 Å². The van der Waals surface area contributed by atoms with Gasteiger partial charge in [-0.3, -0.25) is 0 Å². The lowest BCUT2D eigenvalue weighted by molar-refractivity contribution is 0.575. The lowest BCUT2D eigenvalue weighted by Gasteiger charge is -2.17. The van der Waals surface area contributed by atoms with Crippen LogP contribution in [0.5, 0.6) is 0 Å². The Balaban J connectivity index is 2.33. The third-order valence-electron chi connectivity index (χ3n) is 2.67. The van der Waals surface area contributed by atoms with Crippen molar-refractivity contribution in [2.45, 2.75) is 31.2 Å². The van der Waals surface area contributed by atoms with E-state index in [4.69, 9.17) is 22.6 Å². The highest BCUT2D eigenvalue weighted by Gasteiger charge is 2.30. The Morgan fingerprint density at radius 3 is 2.76 bits per heavy atom. The minimum absolute atomic E-state index is 0.0769. The minimum Gasteiger partial charge on any atom is -0.351 e. The van der Waals surface area contributed by atoms with Crippen molar-refractivity contribution in [1.82, 2.24) is 15.0 Å².